The van der Waals surface area contributed by atoms with Gasteiger partial charge in [-0.1, -0.05) is 29.3 Å². The molecule has 2 unspecified atom stereocenters. The van der Waals surface area contributed by atoms with Crippen molar-refractivity contribution in [3.63, 3.8) is 0 Å². The number of hydrogen-bond acceptors (Lipinski definition) is 5. The van der Waals surface area contributed by atoms with Gasteiger partial charge in [-0.15, -0.1) is 0 Å². The average Bonchev–Trinajstić information content (AvgIpc) is 3.32. The van der Waals surface area contributed by atoms with Gasteiger partial charge in [0.15, 0.2) is 0 Å². The first-order chi connectivity index (χ1) is 19.9. The molecule has 1 amide bonds. The number of pyridine rings is 1. The molecule has 0 aliphatic carbocycles. The van der Waals surface area contributed by atoms with Gasteiger partial charge >= 0.3 is 12.4 Å². The summed E-state index contributed by atoms with van der Waals surface area (Å²) in [4.78, 5) is 21.1. The van der Waals surface area contributed by atoms with E-state index in [0.29, 0.717) is 42.0 Å². The maximum Gasteiger partial charge on any atom is 0.416 e. The van der Waals surface area contributed by atoms with Crippen molar-refractivity contribution in [2.24, 2.45) is 0 Å². The van der Waals surface area contributed by atoms with Crippen LogP contribution in [0.3, 0.4) is 0 Å². The van der Waals surface area contributed by atoms with E-state index >= 15 is 0 Å². The number of anilines is 2. The summed E-state index contributed by atoms with van der Waals surface area (Å²) >= 11 is 12.4. The number of aliphatic hydroxyl groups is 2. The molecule has 2 heterocycles. The molecule has 2 atom stereocenters. The van der Waals surface area contributed by atoms with Gasteiger partial charge in [0.05, 0.1) is 57.2 Å². The van der Waals surface area contributed by atoms with Crippen molar-refractivity contribution < 1.29 is 41.4 Å². The van der Waals surface area contributed by atoms with Crippen LogP contribution in [-0.2, 0) is 22.6 Å². The molecule has 4 rings (SSSR count). The zero-order valence-electron chi connectivity index (χ0n) is 23.1. The Morgan fingerprint density at radius 3 is 2.09 bits per heavy atom. The lowest BCUT2D eigenvalue weighted by Gasteiger charge is -2.32. The Kier molecular flexibility index (Phi) is 9.01. The number of aromatic nitrogens is 1. The van der Waals surface area contributed by atoms with E-state index in [4.69, 9.17) is 23.2 Å². The quantitative estimate of drug-likeness (QED) is 0.282. The van der Waals surface area contributed by atoms with Crippen LogP contribution in [0.5, 0.6) is 0 Å². The Morgan fingerprint density at radius 1 is 0.977 bits per heavy atom. The third kappa shape index (κ3) is 6.57. The topological polar surface area (TPSA) is 76.9 Å². The van der Waals surface area contributed by atoms with Gasteiger partial charge in [0.2, 0.25) is 5.91 Å². The normalized spacial score (nSPS) is 17.8. The number of halogens is 8. The third-order valence-corrected chi connectivity index (χ3v) is 8.34. The summed E-state index contributed by atoms with van der Waals surface area (Å²) in [6, 6.07) is 6.71. The van der Waals surface area contributed by atoms with E-state index in [-0.39, 0.29) is 28.4 Å². The lowest BCUT2D eigenvalue weighted by atomic mass is 9.81. The molecule has 14 heteroatoms. The number of hydrogen-bond donors (Lipinski definition) is 2. The minimum Gasteiger partial charge on any atom is -0.394 e. The van der Waals surface area contributed by atoms with E-state index in [1.165, 1.54) is 39.2 Å². The fraction of sp³-hybridized carbons (Fsp3) is 0.379. The smallest absolute Gasteiger partial charge is 0.394 e. The minimum absolute atomic E-state index is 0.00767. The van der Waals surface area contributed by atoms with Gasteiger partial charge in [-0.3, -0.25) is 4.79 Å². The number of alkyl halides is 6. The number of aliphatic hydroxyl groups excluding tert-OH is 2. The molecule has 2 N–H and O–H groups in total. The zero-order chi connectivity index (χ0) is 32.1. The van der Waals surface area contributed by atoms with Gasteiger partial charge < -0.3 is 20.0 Å². The van der Waals surface area contributed by atoms with Crippen LogP contribution in [0.4, 0.5) is 37.8 Å². The highest BCUT2D eigenvalue weighted by Crippen LogP contribution is 2.42. The monoisotopic (exact) mass is 649 g/mol. The minimum atomic E-state index is -5.09. The predicted octanol–water partition coefficient (Wildman–Crippen LogP) is 6.97. The number of nitrogens with zero attached hydrogens (tertiary/aromatic N) is 3. The fourth-order valence-electron chi connectivity index (χ4n) is 5.07. The van der Waals surface area contributed by atoms with Crippen molar-refractivity contribution in [2.45, 2.75) is 50.2 Å². The van der Waals surface area contributed by atoms with Crippen molar-refractivity contribution in [1.82, 2.24) is 4.98 Å². The summed E-state index contributed by atoms with van der Waals surface area (Å²) in [5.41, 5.74) is -4.38. The molecule has 1 aromatic heterocycles. The molecule has 43 heavy (non-hydrogen) atoms. The lowest BCUT2D eigenvalue weighted by Crippen LogP contribution is -2.42. The molecule has 0 radical (unpaired) electrons. The van der Waals surface area contributed by atoms with Crippen molar-refractivity contribution >= 4 is 40.6 Å². The predicted molar refractivity (Wildman–Crippen MR) is 151 cm³/mol. The molecule has 1 aliphatic heterocycles. The summed E-state index contributed by atoms with van der Waals surface area (Å²) in [6.45, 7) is 2.49. The van der Waals surface area contributed by atoms with E-state index in [2.05, 4.69) is 4.98 Å². The number of rotatable bonds is 6. The van der Waals surface area contributed by atoms with Crippen LogP contribution < -0.4 is 9.80 Å². The maximum absolute atomic E-state index is 13.9. The summed E-state index contributed by atoms with van der Waals surface area (Å²) in [5.74, 6) is -0.464. The van der Waals surface area contributed by atoms with Crippen LogP contribution in [-0.4, -0.2) is 53.4 Å². The molecular weight excluding hydrogens is 623 g/mol. The Bertz CT molecular complexity index is 1500. The second kappa shape index (κ2) is 11.8. The molecular formula is C29H27Cl2F6N3O3. The van der Waals surface area contributed by atoms with E-state index in [0.717, 1.165) is 4.90 Å². The molecule has 6 nitrogen and oxygen atoms in total. The van der Waals surface area contributed by atoms with E-state index in [9.17, 15) is 41.4 Å². The van der Waals surface area contributed by atoms with Crippen LogP contribution in [0, 0.1) is 0 Å². The number of likely N-dealkylation sites (N-methyl/N-ethyl adjacent to an activating group) is 1. The van der Waals surface area contributed by atoms with Crippen molar-refractivity contribution in [3.05, 3.63) is 75.4 Å². The third-order valence-electron chi connectivity index (χ3n) is 7.60. The van der Waals surface area contributed by atoms with Gasteiger partial charge in [0.25, 0.3) is 0 Å². The van der Waals surface area contributed by atoms with Crippen LogP contribution in [0.15, 0.2) is 48.7 Å². The molecule has 0 bridgehead atoms. The summed E-state index contributed by atoms with van der Waals surface area (Å²) in [7, 11) is 1.33. The molecule has 1 saturated heterocycles. The first-order valence-corrected chi connectivity index (χ1v) is 13.7. The van der Waals surface area contributed by atoms with E-state index in [1.54, 1.807) is 17.0 Å². The van der Waals surface area contributed by atoms with E-state index in [1.807, 2.05) is 0 Å². The molecule has 2 aromatic carbocycles. The number of amides is 1. The second-order valence-electron chi connectivity index (χ2n) is 10.8. The molecule has 3 aromatic rings. The fourth-order valence-corrected chi connectivity index (χ4v) is 5.36. The molecule has 232 valence electrons. The van der Waals surface area contributed by atoms with Crippen LogP contribution in [0.25, 0.3) is 11.1 Å². The van der Waals surface area contributed by atoms with Crippen LogP contribution >= 0.6 is 23.2 Å². The standard InChI is InChI=1S/C29H27Cl2F6N3O3/c1-27(2,16-9-17(28(32,33)34)11-18(10-16)29(35,36)37)26(43)39(3)22-13-38-25(40-7-6-24(42)23(40)14-41)12-19(22)15-4-5-20(30)21(31)8-15/h4-5,8-13,23-24,41-42H,6-7,14H2,1-3H3. The van der Waals surface area contributed by atoms with E-state index < -0.39 is 52.5 Å². The number of carbonyl (C=O) groups excluding carboxylic acids is 1. The maximum atomic E-state index is 13.9. The average molecular weight is 650 g/mol. The van der Waals surface area contributed by atoms with Gasteiger partial charge in [-0.25, -0.2) is 4.98 Å². The Labute approximate surface area is 253 Å². The molecule has 0 saturated carbocycles. The summed E-state index contributed by atoms with van der Waals surface area (Å²) < 4.78 is 81.4. The highest BCUT2D eigenvalue weighted by atomic mass is 35.5. The molecule has 1 aliphatic rings. The van der Waals surface area contributed by atoms with Gasteiger partial charge in [0.1, 0.15) is 5.82 Å². The van der Waals surface area contributed by atoms with Gasteiger partial charge in [0, 0.05) is 19.2 Å². The first-order valence-electron chi connectivity index (χ1n) is 13.0. The molecule has 0 spiro atoms. The molecule has 1 fully saturated rings. The zero-order valence-corrected chi connectivity index (χ0v) is 24.6. The van der Waals surface area contributed by atoms with Crippen LogP contribution in [0.1, 0.15) is 37.0 Å². The summed E-state index contributed by atoms with van der Waals surface area (Å²) in [6.07, 6.45) is -9.28. The van der Waals surface area contributed by atoms with Crippen LogP contribution in [0.2, 0.25) is 10.0 Å². The highest BCUT2D eigenvalue weighted by Gasteiger charge is 2.41. The number of benzene rings is 2. The largest absolute Gasteiger partial charge is 0.416 e. The van der Waals surface area contributed by atoms with Crippen molar-refractivity contribution in [3.8, 4) is 11.1 Å². The van der Waals surface area contributed by atoms with Crippen molar-refractivity contribution in [2.75, 3.05) is 30.0 Å². The Hall–Kier alpha value is -3.06. The Morgan fingerprint density at radius 2 is 1.56 bits per heavy atom. The number of carbonyl (C=O) groups is 1. The Balaban J connectivity index is 1.83. The van der Waals surface area contributed by atoms with Gasteiger partial charge in [-0.05, 0) is 67.8 Å². The summed E-state index contributed by atoms with van der Waals surface area (Å²) in [5, 5.41) is 20.5. The first kappa shape index (κ1) is 32.8. The van der Waals surface area contributed by atoms with Crippen molar-refractivity contribution in [1.29, 1.82) is 0 Å². The SMILES string of the molecule is CN(C(=O)C(C)(C)c1cc(C(F)(F)F)cc(C(F)(F)F)c1)c1cnc(N2CCC(O)C2CO)cc1-c1ccc(Cl)c(Cl)c1. The second-order valence-corrected chi connectivity index (χ2v) is 11.6. The van der Waals surface area contributed by atoms with Gasteiger partial charge in [-0.2, -0.15) is 26.3 Å². The lowest BCUT2D eigenvalue weighted by molar-refractivity contribution is -0.143. The highest BCUT2D eigenvalue weighted by molar-refractivity contribution is 6.42.